The Morgan fingerprint density at radius 2 is 2.00 bits per heavy atom. The first-order chi connectivity index (χ1) is 12.2. The van der Waals surface area contributed by atoms with Crippen molar-refractivity contribution in [3.05, 3.63) is 53.1 Å². The number of ether oxygens (including phenoxy) is 2. The van der Waals surface area contributed by atoms with Crippen molar-refractivity contribution < 1.29 is 14.3 Å². The summed E-state index contributed by atoms with van der Waals surface area (Å²) in [6, 6.07) is 13.1. The third-order valence-corrected chi connectivity index (χ3v) is 4.36. The van der Waals surface area contributed by atoms with Crippen LogP contribution in [0.25, 0.3) is 0 Å². The molecule has 2 aromatic carbocycles. The van der Waals surface area contributed by atoms with Crippen LogP contribution in [0.15, 0.2) is 42.5 Å². The van der Waals surface area contributed by atoms with Gasteiger partial charge in [0.25, 0.3) is 0 Å². The fraction of sp³-hybridized carbons (Fsp3) is 0.316. The van der Waals surface area contributed by atoms with Crippen molar-refractivity contribution in [3.63, 3.8) is 0 Å². The predicted molar refractivity (Wildman–Crippen MR) is 99.8 cm³/mol. The molecule has 1 heterocycles. The highest BCUT2D eigenvalue weighted by atomic mass is 35.5. The zero-order chi connectivity index (χ0) is 17.6. The number of para-hydroxylation sites is 1. The molecule has 25 heavy (non-hydrogen) atoms. The molecular formula is C19H21ClN2O3. The second kappa shape index (κ2) is 8.23. The molecule has 0 unspecified atom stereocenters. The van der Waals surface area contributed by atoms with Crippen LogP contribution in [0.2, 0.25) is 5.02 Å². The minimum absolute atomic E-state index is 0.110. The van der Waals surface area contributed by atoms with Crippen LogP contribution in [0, 0.1) is 0 Å². The summed E-state index contributed by atoms with van der Waals surface area (Å²) in [5.41, 5.74) is 2.52. The first-order valence-electron chi connectivity index (χ1n) is 8.21. The van der Waals surface area contributed by atoms with Gasteiger partial charge in [-0.15, -0.1) is 0 Å². The number of benzene rings is 2. The summed E-state index contributed by atoms with van der Waals surface area (Å²) < 4.78 is 10.7. The second-order valence-corrected chi connectivity index (χ2v) is 6.23. The minimum Gasteiger partial charge on any atom is -0.496 e. The third-order valence-electron chi connectivity index (χ3n) is 4.13. The van der Waals surface area contributed by atoms with E-state index in [1.807, 2.05) is 36.4 Å². The van der Waals surface area contributed by atoms with E-state index in [0.29, 0.717) is 29.7 Å². The molecule has 1 saturated heterocycles. The molecular weight excluding hydrogens is 340 g/mol. The Bertz CT molecular complexity index is 745. The summed E-state index contributed by atoms with van der Waals surface area (Å²) in [5, 5.41) is 3.57. The zero-order valence-electron chi connectivity index (χ0n) is 14.1. The number of morpholine rings is 1. The molecule has 1 amide bonds. The average Bonchev–Trinajstić information content (AvgIpc) is 2.63. The van der Waals surface area contributed by atoms with E-state index in [1.165, 1.54) is 0 Å². The van der Waals surface area contributed by atoms with E-state index in [1.54, 1.807) is 13.2 Å². The van der Waals surface area contributed by atoms with Crippen LogP contribution in [0.1, 0.15) is 5.56 Å². The molecule has 3 rings (SSSR count). The number of carbonyl (C=O) groups excluding carboxylic acids is 1. The van der Waals surface area contributed by atoms with Crippen LogP contribution in [-0.2, 0) is 16.0 Å². The third kappa shape index (κ3) is 4.44. The maximum atomic E-state index is 12.5. The standard InChI is InChI=1S/C19H21ClN2O3/c1-24-18-5-3-2-4-14(18)12-19(23)21-16-13-15(20)6-7-17(16)22-8-10-25-11-9-22/h2-7,13H,8-12H2,1H3,(H,21,23). The molecule has 1 aliphatic heterocycles. The van der Waals surface area contributed by atoms with Gasteiger partial charge in [0.1, 0.15) is 5.75 Å². The summed E-state index contributed by atoms with van der Waals surface area (Å²) in [6.07, 6.45) is 0.235. The van der Waals surface area contributed by atoms with Gasteiger partial charge in [-0.25, -0.2) is 0 Å². The molecule has 1 N–H and O–H groups in total. The number of nitrogens with one attached hydrogen (secondary N) is 1. The smallest absolute Gasteiger partial charge is 0.228 e. The molecule has 0 saturated carbocycles. The lowest BCUT2D eigenvalue weighted by molar-refractivity contribution is -0.115. The van der Waals surface area contributed by atoms with Gasteiger partial charge in [-0.05, 0) is 24.3 Å². The number of anilines is 2. The van der Waals surface area contributed by atoms with Crippen molar-refractivity contribution in [3.8, 4) is 5.75 Å². The fourth-order valence-electron chi connectivity index (χ4n) is 2.90. The highest BCUT2D eigenvalue weighted by Crippen LogP contribution is 2.30. The van der Waals surface area contributed by atoms with Gasteiger partial charge in [-0.1, -0.05) is 29.8 Å². The number of hydrogen-bond donors (Lipinski definition) is 1. The monoisotopic (exact) mass is 360 g/mol. The highest BCUT2D eigenvalue weighted by molar-refractivity contribution is 6.31. The van der Waals surface area contributed by atoms with Gasteiger partial charge in [0.05, 0.1) is 38.1 Å². The van der Waals surface area contributed by atoms with Crippen molar-refractivity contribution in [2.45, 2.75) is 6.42 Å². The van der Waals surface area contributed by atoms with Crippen LogP contribution < -0.4 is 15.0 Å². The Labute approximate surface area is 152 Å². The van der Waals surface area contributed by atoms with E-state index in [2.05, 4.69) is 10.2 Å². The molecule has 0 radical (unpaired) electrons. The summed E-state index contributed by atoms with van der Waals surface area (Å²) in [4.78, 5) is 14.7. The minimum atomic E-state index is -0.110. The lowest BCUT2D eigenvalue weighted by Crippen LogP contribution is -2.36. The first-order valence-corrected chi connectivity index (χ1v) is 8.59. The predicted octanol–water partition coefficient (Wildman–Crippen LogP) is 3.37. The number of rotatable bonds is 5. The van der Waals surface area contributed by atoms with Gasteiger partial charge in [-0.2, -0.15) is 0 Å². The van der Waals surface area contributed by atoms with E-state index in [9.17, 15) is 4.79 Å². The Kier molecular flexibility index (Phi) is 5.79. The lowest BCUT2D eigenvalue weighted by Gasteiger charge is -2.30. The molecule has 0 aromatic heterocycles. The molecule has 0 atom stereocenters. The topological polar surface area (TPSA) is 50.8 Å². The van der Waals surface area contributed by atoms with Crippen molar-refractivity contribution in [2.75, 3.05) is 43.6 Å². The Morgan fingerprint density at radius 3 is 2.76 bits per heavy atom. The van der Waals surface area contributed by atoms with E-state index < -0.39 is 0 Å². The number of carbonyl (C=O) groups is 1. The van der Waals surface area contributed by atoms with Gasteiger partial charge in [0.15, 0.2) is 0 Å². The van der Waals surface area contributed by atoms with Crippen LogP contribution in [0.5, 0.6) is 5.75 Å². The summed E-state index contributed by atoms with van der Waals surface area (Å²) in [6.45, 7) is 2.93. The highest BCUT2D eigenvalue weighted by Gasteiger charge is 2.17. The van der Waals surface area contributed by atoms with Crippen molar-refractivity contribution in [1.29, 1.82) is 0 Å². The van der Waals surface area contributed by atoms with Crippen LogP contribution >= 0.6 is 11.6 Å². The quantitative estimate of drug-likeness (QED) is 0.888. The SMILES string of the molecule is COc1ccccc1CC(=O)Nc1cc(Cl)ccc1N1CCOCC1. The zero-order valence-corrected chi connectivity index (χ0v) is 14.9. The largest absolute Gasteiger partial charge is 0.496 e. The summed E-state index contributed by atoms with van der Waals surface area (Å²) >= 11 is 6.13. The summed E-state index contributed by atoms with van der Waals surface area (Å²) in [7, 11) is 1.60. The summed E-state index contributed by atoms with van der Waals surface area (Å²) in [5.74, 6) is 0.596. The number of methoxy groups -OCH3 is 1. The number of nitrogens with zero attached hydrogens (tertiary/aromatic N) is 1. The Morgan fingerprint density at radius 1 is 1.24 bits per heavy atom. The van der Waals surface area contributed by atoms with E-state index in [4.69, 9.17) is 21.1 Å². The van der Waals surface area contributed by atoms with Crippen molar-refractivity contribution in [2.24, 2.45) is 0 Å². The molecule has 1 aliphatic rings. The fourth-order valence-corrected chi connectivity index (χ4v) is 3.08. The second-order valence-electron chi connectivity index (χ2n) is 5.80. The van der Waals surface area contributed by atoms with Crippen LogP contribution in [-0.4, -0.2) is 39.3 Å². The van der Waals surface area contributed by atoms with E-state index >= 15 is 0 Å². The first kappa shape index (κ1) is 17.6. The molecule has 2 aromatic rings. The molecule has 5 nitrogen and oxygen atoms in total. The maximum Gasteiger partial charge on any atom is 0.228 e. The number of halogens is 1. The van der Waals surface area contributed by atoms with Gasteiger partial charge < -0.3 is 19.7 Å². The van der Waals surface area contributed by atoms with Crippen molar-refractivity contribution >= 4 is 28.9 Å². The lowest BCUT2D eigenvalue weighted by atomic mass is 10.1. The Hall–Kier alpha value is -2.24. The van der Waals surface area contributed by atoms with Crippen LogP contribution in [0.4, 0.5) is 11.4 Å². The molecule has 132 valence electrons. The van der Waals surface area contributed by atoms with Crippen LogP contribution in [0.3, 0.4) is 0 Å². The molecule has 1 fully saturated rings. The van der Waals surface area contributed by atoms with E-state index in [0.717, 1.165) is 24.3 Å². The van der Waals surface area contributed by atoms with Gasteiger partial charge in [-0.3, -0.25) is 4.79 Å². The maximum absolute atomic E-state index is 12.5. The van der Waals surface area contributed by atoms with Gasteiger partial charge >= 0.3 is 0 Å². The molecule has 6 heteroatoms. The Balaban J connectivity index is 1.77. The van der Waals surface area contributed by atoms with Crippen molar-refractivity contribution in [1.82, 2.24) is 0 Å². The van der Waals surface area contributed by atoms with E-state index in [-0.39, 0.29) is 12.3 Å². The normalized spacial score (nSPS) is 14.2. The van der Waals surface area contributed by atoms with Gasteiger partial charge in [0, 0.05) is 23.7 Å². The van der Waals surface area contributed by atoms with Gasteiger partial charge in [0.2, 0.25) is 5.91 Å². The number of amides is 1. The molecule has 0 aliphatic carbocycles. The number of hydrogen-bond acceptors (Lipinski definition) is 4. The average molecular weight is 361 g/mol. The molecule has 0 bridgehead atoms. The molecule has 0 spiro atoms.